The van der Waals surface area contributed by atoms with E-state index in [1.54, 1.807) is 11.3 Å². The number of hydrogen-bond donors (Lipinski definition) is 0. The Morgan fingerprint density at radius 2 is 0.722 bits per heavy atom. The minimum Gasteiger partial charge on any atom is -0.309 e. The zero-order valence-electron chi connectivity index (χ0n) is 29.1. The van der Waals surface area contributed by atoms with Crippen molar-refractivity contribution in [1.82, 2.24) is 0 Å². The van der Waals surface area contributed by atoms with E-state index in [2.05, 4.69) is 158 Å². The summed E-state index contributed by atoms with van der Waals surface area (Å²) in [6.07, 6.45) is 0. The van der Waals surface area contributed by atoms with Gasteiger partial charge in [-0.05, 0) is 117 Å². The van der Waals surface area contributed by atoms with Crippen molar-refractivity contribution in [1.29, 1.82) is 0 Å². The minimum atomic E-state index is -3.23. The molecule has 54 heavy (non-hydrogen) atoms. The molecule has 9 aromatic carbocycles. The van der Waals surface area contributed by atoms with Gasteiger partial charge in [0, 0.05) is 56.3 Å². The first-order valence-electron chi connectivity index (χ1n) is 18.2. The smallest absolute Gasteiger partial charge is 0.171 e. The van der Waals surface area contributed by atoms with Gasteiger partial charge >= 0.3 is 0 Å². The lowest BCUT2D eigenvalue weighted by Gasteiger charge is -2.21. The van der Waals surface area contributed by atoms with E-state index in [4.69, 9.17) is 0 Å². The standard InChI is InChI=1S/C50H31OPS2/c51-52(40-13-5-2-6-14-40,41-19-15-35-25-33-11-7-8-12-34(33)26-39(35)27-41)42-20-24-50-46(31-42)45-30-38(18-23-49(45)54-50)37-17-22-48-44(29-37)43-28-36(16-21-47(43)53-48)32-9-3-1-4-10-32/h1-31H. The van der Waals surface area contributed by atoms with Crippen LogP contribution in [-0.4, -0.2) is 0 Å². The summed E-state index contributed by atoms with van der Waals surface area (Å²) in [5.41, 5.74) is 4.85. The molecule has 0 amide bonds. The van der Waals surface area contributed by atoms with Crippen LogP contribution in [0.4, 0.5) is 0 Å². The third kappa shape index (κ3) is 5.08. The van der Waals surface area contributed by atoms with Crippen LogP contribution in [0.2, 0.25) is 0 Å². The van der Waals surface area contributed by atoms with Gasteiger partial charge in [-0.25, -0.2) is 0 Å². The van der Waals surface area contributed by atoms with Crippen LogP contribution >= 0.6 is 29.8 Å². The number of rotatable bonds is 5. The monoisotopic (exact) mass is 742 g/mol. The molecule has 0 aliphatic heterocycles. The van der Waals surface area contributed by atoms with E-state index in [0.29, 0.717) is 0 Å². The second kappa shape index (κ2) is 12.4. The van der Waals surface area contributed by atoms with Crippen LogP contribution in [0.3, 0.4) is 0 Å². The molecular weight excluding hydrogens is 712 g/mol. The Labute approximate surface area is 320 Å². The minimum absolute atomic E-state index is 0.844. The molecule has 11 rings (SSSR count). The van der Waals surface area contributed by atoms with Crippen LogP contribution in [0.1, 0.15) is 0 Å². The lowest BCUT2D eigenvalue weighted by molar-refractivity contribution is 0.592. The van der Waals surface area contributed by atoms with E-state index in [9.17, 15) is 0 Å². The Hall–Kier alpha value is -5.83. The number of fused-ring (bicyclic) bond motifs is 8. The van der Waals surface area contributed by atoms with Crippen LogP contribution in [0.25, 0.3) is 84.1 Å². The highest BCUT2D eigenvalue weighted by Crippen LogP contribution is 2.46. The summed E-state index contributed by atoms with van der Waals surface area (Å²) in [6, 6.07) is 66.9. The maximum Gasteiger partial charge on any atom is 0.171 e. The van der Waals surface area contributed by atoms with Gasteiger partial charge < -0.3 is 4.57 Å². The summed E-state index contributed by atoms with van der Waals surface area (Å²) in [5.74, 6) is 0. The largest absolute Gasteiger partial charge is 0.309 e. The summed E-state index contributed by atoms with van der Waals surface area (Å²) in [7, 11) is -3.23. The fourth-order valence-electron chi connectivity index (χ4n) is 8.12. The van der Waals surface area contributed by atoms with Crippen molar-refractivity contribution in [3.8, 4) is 22.3 Å². The molecule has 0 N–H and O–H groups in total. The average Bonchev–Trinajstić information content (AvgIpc) is 3.79. The first kappa shape index (κ1) is 31.7. The van der Waals surface area contributed by atoms with Gasteiger partial charge in [-0.2, -0.15) is 0 Å². The molecule has 2 aromatic heterocycles. The van der Waals surface area contributed by atoms with Crippen LogP contribution < -0.4 is 15.9 Å². The topological polar surface area (TPSA) is 17.1 Å². The van der Waals surface area contributed by atoms with E-state index in [0.717, 1.165) is 32.1 Å². The van der Waals surface area contributed by atoms with E-state index >= 15 is 4.57 Å². The van der Waals surface area contributed by atoms with Crippen LogP contribution in [-0.2, 0) is 4.57 Å². The van der Waals surface area contributed by atoms with Gasteiger partial charge in [0.1, 0.15) is 0 Å². The van der Waals surface area contributed by atoms with Gasteiger partial charge in [-0.1, -0.05) is 115 Å². The molecule has 2 heterocycles. The molecule has 1 atom stereocenters. The fraction of sp³-hybridized carbons (Fsp3) is 0. The predicted octanol–water partition coefficient (Wildman–Crippen LogP) is 13.7. The Morgan fingerprint density at radius 1 is 0.296 bits per heavy atom. The third-order valence-corrected chi connectivity index (χ3v) is 16.2. The van der Waals surface area contributed by atoms with Crippen molar-refractivity contribution >= 4 is 108 Å². The maximum atomic E-state index is 15.8. The first-order chi connectivity index (χ1) is 26.6. The molecule has 1 unspecified atom stereocenters. The van der Waals surface area contributed by atoms with Crippen molar-refractivity contribution in [2.75, 3.05) is 0 Å². The first-order valence-corrected chi connectivity index (χ1v) is 21.5. The van der Waals surface area contributed by atoms with E-state index in [1.807, 2.05) is 41.7 Å². The fourth-order valence-corrected chi connectivity index (χ4v) is 12.9. The van der Waals surface area contributed by atoms with Gasteiger partial charge in [0.2, 0.25) is 0 Å². The van der Waals surface area contributed by atoms with Gasteiger partial charge in [-0.3, -0.25) is 0 Å². The van der Waals surface area contributed by atoms with Crippen molar-refractivity contribution < 1.29 is 4.57 Å². The molecule has 0 radical (unpaired) electrons. The molecule has 0 saturated carbocycles. The maximum absolute atomic E-state index is 15.8. The zero-order chi connectivity index (χ0) is 35.8. The van der Waals surface area contributed by atoms with Gasteiger partial charge in [0.15, 0.2) is 7.14 Å². The Balaban J connectivity index is 1.05. The summed E-state index contributed by atoms with van der Waals surface area (Å²) in [5, 5.41) is 12.1. The van der Waals surface area contributed by atoms with Crippen LogP contribution in [0, 0.1) is 0 Å². The highest BCUT2D eigenvalue weighted by atomic mass is 32.1. The molecule has 0 aliphatic rings. The molecule has 1 nitrogen and oxygen atoms in total. The van der Waals surface area contributed by atoms with Gasteiger partial charge in [0.25, 0.3) is 0 Å². The molecule has 11 aromatic rings. The molecule has 0 fully saturated rings. The number of hydrogen-bond acceptors (Lipinski definition) is 3. The lowest BCUT2D eigenvalue weighted by atomic mass is 9.99. The summed E-state index contributed by atoms with van der Waals surface area (Å²) >= 11 is 3.65. The van der Waals surface area contributed by atoms with Crippen molar-refractivity contribution in [3.05, 3.63) is 188 Å². The van der Waals surface area contributed by atoms with Crippen molar-refractivity contribution in [2.45, 2.75) is 0 Å². The summed E-state index contributed by atoms with van der Waals surface area (Å²) in [4.78, 5) is 0. The molecule has 0 bridgehead atoms. The second-order valence-electron chi connectivity index (χ2n) is 14.1. The second-order valence-corrected chi connectivity index (χ2v) is 19.0. The van der Waals surface area contributed by atoms with Crippen LogP contribution in [0.5, 0.6) is 0 Å². The van der Waals surface area contributed by atoms with Crippen molar-refractivity contribution in [2.24, 2.45) is 0 Å². The molecular formula is C50H31OPS2. The SMILES string of the molecule is O=P(c1ccccc1)(c1ccc2cc3ccccc3cc2c1)c1ccc2sc3ccc(-c4ccc5sc6ccc(-c7ccccc7)cc6c5c4)cc3c2c1. The predicted molar refractivity (Wildman–Crippen MR) is 237 cm³/mol. The molecule has 0 saturated heterocycles. The highest BCUT2D eigenvalue weighted by molar-refractivity contribution is 7.85. The lowest BCUT2D eigenvalue weighted by Crippen LogP contribution is -2.25. The Bertz CT molecular complexity index is 3300. The molecule has 254 valence electrons. The Kier molecular flexibility index (Phi) is 7.25. The quantitative estimate of drug-likeness (QED) is 0.127. The summed E-state index contributed by atoms with van der Waals surface area (Å²) < 4.78 is 20.9. The van der Waals surface area contributed by atoms with E-state index in [1.165, 1.54) is 68.0 Å². The molecule has 0 spiro atoms. The highest BCUT2D eigenvalue weighted by Gasteiger charge is 2.30. The average molecular weight is 743 g/mol. The van der Waals surface area contributed by atoms with Crippen molar-refractivity contribution in [3.63, 3.8) is 0 Å². The van der Waals surface area contributed by atoms with Gasteiger partial charge in [0.05, 0.1) is 0 Å². The molecule has 4 heteroatoms. The zero-order valence-corrected chi connectivity index (χ0v) is 31.6. The van der Waals surface area contributed by atoms with E-state index in [-0.39, 0.29) is 0 Å². The Morgan fingerprint density at radius 3 is 1.31 bits per heavy atom. The third-order valence-electron chi connectivity index (χ3n) is 10.9. The number of benzene rings is 9. The van der Waals surface area contributed by atoms with E-state index < -0.39 is 7.14 Å². The summed E-state index contributed by atoms with van der Waals surface area (Å²) in [6.45, 7) is 0. The molecule has 0 aliphatic carbocycles. The normalized spacial score (nSPS) is 13.0. The number of thiophene rings is 2. The van der Waals surface area contributed by atoms with Crippen LogP contribution in [0.15, 0.2) is 188 Å². The van der Waals surface area contributed by atoms with Gasteiger partial charge in [-0.15, -0.1) is 22.7 Å².